The van der Waals surface area contributed by atoms with Crippen molar-refractivity contribution in [3.05, 3.63) is 49.3 Å². The van der Waals surface area contributed by atoms with Gasteiger partial charge in [-0.25, -0.2) is 0 Å². The number of carbonyl (C=O) groups excluding carboxylic acids is 1. The summed E-state index contributed by atoms with van der Waals surface area (Å²) in [6, 6.07) is 4.47. The summed E-state index contributed by atoms with van der Waals surface area (Å²) in [6.07, 6.45) is 5.62. The van der Waals surface area contributed by atoms with Gasteiger partial charge in [-0.2, -0.15) is 0 Å². The number of hydrogen-bond donors (Lipinski definition) is 0. The average molecular weight is 273 g/mol. The molecule has 4 nitrogen and oxygen atoms in total. The lowest BCUT2D eigenvalue weighted by molar-refractivity contribution is -0.132. The molecule has 4 heteroatoms. The molecule has 0 saturated heterocycles. The van der Waals surface area contributed by atoms with Crippen molar-refractivity contribution in [1.82, 2.24) is 14.4 Å². The van der Waals surface area contributed by atoms with Crippen LogP contribution in [0.5, 0.6) is 0 Å². The molecular weight excluding hydrogens is 250 g/mol. The van der Waals surface area contributed by atoms with Gasteiger partial charge in [0.25, 0.3) is 0 Å². The van der Waals surface area contributed by atoms with Gasteiger partial charge in [0.05, 0.1) is 6.54 Å². The van der Waals surface area contributed by atoms with E-state index in [-0.39, 0.29) is 11.9 Å². The molecule has 1 amide bonds. The summed E-state index contributed by atoms with van der Waals surface area (Å²) in [5.41, 5.74) is 1.28. The second kappa shape index (κ2) is 6.57. The monoisotopic (exact) mass is 273 g/mol. The summed E-state index contributed by atoms with van der Waals surface area (Å²) < 4.78 is 2.26. The summed E-state index contributed by atoms with van der Waals surface area (Å²) in [7, 11) is 0. The van der Waals surface area contributed by atoms with Crippen molar-refractivity contribution in [1.29, 1.82) is 0 Å². The molecule has 0 aliphatic carbocycles. The van der Waals surface area contributed by atoms with Crippen LogP contribution in [-0.4, -0.2) is 46.5 Å². The largest absolute Gasteiger partial charge is 0.349 e. The molecule has 0 aromatic carbocycles. The van der Waals surface area contributed by atoms with Gasteiger partial charge in [-0.15, -0.1) is 13.2 Å². The predicted octanol–water partition coefficient (Wildman–Crippen LogP) is 2.07. The molecule has 1 aromatic heterocycles. The first-order valence-corrected chi connectivity index (χ1v) is 7.06. The molecule has 2 rings (SSSR count). The third kappa shape index (κ3) is 3.02. The Morgan fingerprint density at radius 1 is 1.40 bits per heavy atom. The number of hydrogen-bond acceptors (Lipinski definition) is 2. The zero-order chi connectivity index (χ0) is 14.5. The lowest BCUT2D eigenvalue weighted by Crippen LogP contribution is -2.44. The Morgan fingerprint density at radius 3 is 2.75 bits per heavy atom. The molecule has 1 unspecified atom stereocenters. The van der Waals surface area contributed by atoms with E-state index >= 15 is 0 Å². The van der Waals surface area contributed by atoms with Gasteiger partial charge in [0.2, 0.25) is 5.91 Å². The first-order valence-electron chi connectivity index (χ1n) is 7.06. The molecule has 0 fully saturated rings. The van der Waals surface area contributed by atoms with Crippen molar-refractivity contribution in [2.45, 2.75) is 19.5 Å². The molecule has 108 valence electrons. The van der Waals surface area contributed by atoms with Gasteiger partial charge in [-0.1, -0.05) is 12.2 Å². The molecule has 2 heterocycles. The summed E-state index contributed by atoms with van der Waals surface area (Å²) >= 11 is 0. The highest BCUT2D eigenvalue weighted by atomic mass is 16.2. The van der Waals surface area contributed by atoms with Crippen molar-refractivity contribution < 1.29 is 4.79 Å². The van der Waals surface area contributed by atoms with E-state index in [2.05, 4.69) is 47.9 Å². The molecule has 0 radical (unpaired) electrons. The van der Waals surface area contributed by atoms with E-state index in [0.717, 1.165) is 13.1 Å². The van der Waals surface area contributed by atoms with Gasteiger partial charge in [-0.05, 0) is 19.1 Å². The van der Waals surface area contributed by atoms with Crippen LogP contribution in [0.25, 0.3) is 0 Å². The number of amides is 1. The third-order valence-corrected chi connectivity index (χ3v) is 3.86. The standard InChI is InChI=1S/C16H23N3O/c1-4-8-18(9-5-2)16(20)13-19-12-11-17-10-6-7-15(17)14(19)3/h4-7,10,14H,1-2,8-9,11-13H2,3H3. The van der Waals surface area contributed by atoms with Crippen molar-refractivity contribution in [2.75, 3.05) is 26.2 Å². The van der Waals surface area contributed by atoms with Gasteiger partial charge in [0.1, 0.15) is 0 Å². The van der Waals surface area contributed by atoms with Crippen LogP contribution in [0, 0.1) is 0 Å². The lowest BCUT2D eigenvalue weighted by atomic mass is 10.1. The van der Waals surface area contributed by atoms with E-state index in [1.54, 1.807) is 17.1 Å². The van der Waals surface area contributed by atoms with Crippen LogP contribution in [0.4, 0.5) is 0 Å². The highest BCUT2D eigenvalue weighted by Gasteiger charge is 2.26. The Morgan fingerprint density at radius 2 is 2.10 bits per heavy atom. The number of nitrogens with zero attached hydrogens (tertiary/aromatic N) is 3. The van der Waals surface area contributed by atoms with E-state index in [4.69, 9.17) is 0 Å². The van der Waals surface area contributed by atoms with Gasteiger partial charge in [0, 0.05) is 44.1 Å². The first kappa shape index (κ1) is 14.6. The third-order valence-electron chi connectivity index (χ3n) is 3.86. The fourth-order valence-corrected chi connectivity index (χ4v) is 2.71. The molecule has 20 heavy (non-hydrogen) atoms. The van der Waals surface area contributed by atoms with E-state index in [1.807, 2.05) is 0 Å². The van der Waals surface area contributed by atoms with E-state index < -0.39 is 0 Å². The molecule has 1 aliphatic rings. The maximum absolute atomic E-state index is 12.4. The highest BCUT2D eigenvalue weighted by molar-refractivity contribution is 5.78. The number of aromatic nitrogens is 1. The fraction of sp³-hybridized carbons (Fsp3) is 0.438. The predicted molar refractivity (Wildman–Crippen MR) is 81.4 cm³/mol. The van der Waals surface area contributed by atoms with E-state index in [9.17, 15) is 4.79 Å². The normalized spacial score (nSPS) is 18.4. The second-order valence-electron chi connectivity index (χ2n) is 5.15. The van der Waals surface area contributed by atoms with Crippen LogP contribution in [0.3, 0.4) is 0 Å². The van der Waals surface area contributed by atoms with Gasteiger partial charge in [0.15, 0.2) is 0 Å². The minimum Gasteiger partial charge on any atom is -0.349 e. The van der Waals surface area contributed by atoms with E-state index in [0.29, 0.717) is 19.6 Å². The molecule has 0 saturated carbocycles. The summed E-state index contributed by atoms with van der Waals surface area (Å²) in [6.45, 7) is 13.0. The average Bonchev–Trinajstić information content (AvgIpc) is 2.91. The number of carbonyl (C=O) groups is 1. The highest BCUT2D eigenvalue weighted by Crippen LogP contribution is 2.24. The van der Waals surface area contributed by atoms with E-state index in [1.165, 1.54) is 5.69 Å². The molecule has 0 N–H and O–H groups in total. The fourth-order valence-electron chi connectivity index (χ4n) is 2.71. The van der Waals surface area contributed by atoms with Crippen molar-refractivity contribution in [2.24, 2.45) is 0 Å². The molecule has 0 spiro atoms. The molecule has 1 aliphatic heterocycles. The maximum Gasteiger partial charge on any atom is 0.237 e. The summed E-state index contributed by atoms with van der Waals surface area (Å²) in [4.78, 5) is 16.4. The maximum atomic E-state index is 12.4. The Balaban J connectivity index is 2.01. The zero-order valence-electron chi connectivity index (χ0n) is 12.2. The van der Waals surface area contributed by atoms with Gasteiger partial charge < -0.3 is 9.47 Å². The lowest BCUT2D eigenvalue weighted by Gasteiger charge is -2.35. The van der Waals surface area contributed by atoms with Crippen molar-refractivity contribution in [3.63, 3.8) is 0 Å². The van der Waals surface area contributed by atoms with Crippen LogP contribution in [0.2, 0.25) is 0 Å². The number of rotatable bonds is 6. The minimum atomic E-state index is 0.136. The van der Waals surface area contributed by atoms with Crippen LogP contribution >= 0.6 is 0 Å². The summed E-state index contributed by atoms with van der Waals surface area (Å²) in [5, 5.41) is 0. The first-order chi connectivity index (χ1) is 9.67. The van der Waals surface area contributed by atoms with Crippen molar-refractivity contribution in [3.8, 4) is 0 Å². The zero-order valence-corrected chi connectivity index (χ0v) is 12.2. The Hall–Kier alpha value is -1.81. The molecular formula is C16H23N3O. The molecule has 1 aromatic rings. The topological polar surface area (TPSA) is 28.5 Å². The Kier molecular flexibility index (Phi) is 4.79. The van der Waals surface area contributed by atoms with Gasteiger partial charge in [-0.3, -0.25) is 9.69 Å². The summed E-state index contributed by atoms with van der Waals surface area (Å²) in [5.74, 6) is 0.136. The minimum absolute atomic E-state index is 0.136. The molecule has 0 bridgehead atoms. The Bertz CT molecular complexity index is 482. The van der Waals surface area contributed by atoms with Crippen LogP contribution in [-0.2, 0) is 11.3 Å². The molecule has 1 atom stereocenters. The quantitative estimate of drug-likeness (QED) is 0.742. The Labute approximate surface area is 121 Å². The van der Waals surface area contributed by atoms with Crippen LogP contribution in [0.1, 0.15) is 18.7 Å². The SMILES string of the molecule is C=CCN(CC=C)C(=O)CN1CCn2cccc2C1C. The number of fused-ring (bicyclic) bond motifs is 1. The van der Waals surface area contributed by atoms with Gasteiger partial charge >= 0.3 is 0 Å². The van der Waals surface area contributed by atoms with Crippen LogP contribution in [0.15, 0.2) is 43.6 Å². The van der Waals surface area contributed by atoms with Crippen LogP contribution < -0.4 is 0 Å². The second-order valence-corrected chi connectivity index (χ2v) is 5.15. The van der Waals surface area contributed by atoms with Crippen molar-refractivity contribution >= 4 is 5.91 Å². The smallest absolute Gasteiger partial charge is 0.237 e.